The summed E-state index contributed by atoms with van der Waals surface area (Å²) < 4.78 is 17.5. The van der Waals surface area contributed by atoms with Gasteiger partial charge < -0.3 is 14.2 Å². The van der Waals surface area contributed by atoms with E-state index < -0.39 is 0 Å². The molecule has 0 aromatic heterocycles. The molecule has 1 saturated heterocycles. The van der Waals surface area contributed by atoms with Gasteiger partial charge in [-0.05, 0) is 34.5 Å². The van der Waals surface area contributed by atoms with E-state index in [4.69, 9.17) is 14.2 Å². The summed E-state index contributed by atoms with van der Waals surface area (Å²) in [5.74, 6) is 0.875. The van der Waals surface area contributed by atoms with Crippen molar-refractivity contribution in [2.24, 2.45) is 0 Å². The van der Waals surface area contributed by atoms with Gasteiger partial charge in [0.2, 0.25) is 0 Å². The predicted octanol–water partition coefficient (Wildman–Crippen LogP) is 3.67. The van der Waals surface area contributed by atoms with E-state index in [0.29, 0.717) is 13.2 Å². The smallest absolute Gasteiger partial charge is 0.184 e. The van der Waals surface area contributed by atoms with Gasteiger partial charge >= 0.3 is 0 Å². The second kappa shape index (κ2) is 6.38. The highest BCUT2D eigenvalue weighted by Gasteiger charge is 2.19. The maximum atomic E-state index is 5.67. The number of rotatable bonds is 5. The first-order chi connectivity index (χ1) is 8.31. The average Bonchev–Trinajstić information content (AvgIpc) is 2.85. The molecule has 1 aromatic rings. The van der Waals surface area contributed by atoms with Gasteiger partial charge in [0.15, 0.2) is 6.29 Å². The molecule has 17 heavy (non-hydrogen) atoms. The minimum atomic E-state index is -0.226. The van der Waals surface area contributed by atoms with Crippen LogP contribution in [-0.4, -0.2) is 19.8 Å². The van der Waals surface area contributed by atoms with Gasteiger partial charge in [-0.3, -0.25) is 0 Å². The molecular formula is C13H17BrO3. The summed E-state index contributed by atoms with van der Waals surface area (Å²) in [6.45, 7) is 4.23. The minimum Gasteiger partial charge on any atom is -0.492 e. The van der Waals surface area contributed by atoms with E-state index in [-0.39, 0.29) is 6.29 Å². The largest absolute Gasteiger partial charge is 0.492 e. The monoisotopic (exact) mass is 300 g/mol. The Balaban J connectivity index is 2.00. The predicted molar refractivity (Wildman–Crippen MR) is 69.2 cm³/mol. The summed E-state index contributed by atoms with van der Waals surface area (Å²) in [7, 11) is 0. The highest BCUT2D eigenvalue weighted by Crippen LogP contribution is 2.31. The molecule has 0 N–H and O–H groups in total. The van der Waals surface area contributed by atoms with Crippen LogP contribution < -0.4 is 4.74 Å². The van der Waals surface area contributed by atoms with Crippen LogP contribution >= 0.6 is 15.9 Å². The van der Waals surface area contributed by atoms with Crippen molar-refractivity contribution < 1.29 is 14.2 Å². The molecule has 0 aliphatic carbocycles. The minimum absolute atomic E-state index is 0.226. The van der Waals surface area contributed by atoms with Gasteiger partial charge in [-0.2, -0.15) is 0 Å². The number of hydrogen-bond donors (Lipinski definition) is 0. The van der Waals surface area contributed by atoms with Crippen LogP contribution in [0, 0.1) is 0 Å². The first-order valence-electron chi connectivity index (χ1n) is 5.96. The van der Waals surface area contributed by atoms with E-state index in [1.54, 1.807) is 0 Å². The lowest BCUT2D eigenvalue weighted by Crippen LogP contribution is -2.00. The van der Waals surface area contributed by atoms with Crippen molar-refractivity contribution in [2.45, 2.75) is 26.1 Å². The van der Waals surface area contributed by atoms with Crippen LogP contribution in [0.2, 0.25) is 0 Å². The standard InChI is InChI=1S/C13H17BrO3/c1-2-3-6-15-12-5-4-10(9-11(12)14)13-16-7-8-17-13/h4-5,9,13H,2-3,6-8H2,1H3. The lowest BCUT2D eigenvalue weighted by atomic mass is 10.2. The van der Waals surface area contributed by atoms with Crippen molar-refractivity contribution >= 4 is 15.9 Å². The summed E-state index contributed by atoms with van der Waals surface area (Å²) in [6, 6.07) is 5.94. The molecule has 4 heteroatoms. The van der Waals surface area contributed by atoms with E-state index >= 15 is 0 Å². The molecular weight excluding hydrogens is 284 g/mol. The Kier molecular flexibility index (Phi) is 4.83. The topological polar surface area (TPSA) is 27.7 Å². The zero-order valence-corrected chi connectivity index (χ0v) is 11.5. The lowest BCUT2D eigenvalue weighted by molar-refractivity contribution is -0.0441. The van der Waals surface area contributed by atoms with Crippen molar-refractivity contribution in [3.05, 3.63) is 28.2 Å². The molecule has 2 rings (SSSR count). The number of benzene rings is 1. The zero-order chi connectivity index (χ0) is 12.1. The zero-order valence-electron chi connectivity index (χ0n) is 9.95. The second-order valence-electron chi connectivity index (χ2n) is 3.97. The first-order valence-corrected chi connectivity index (χ1v) is 6.76. The Morgan fingerprint density at radius 2 is 2.12 bits per heavy atom. The lowest BCUT2D eigenvalue weighted by Gasteiger charge is -2.12. The molecule has 1 fully saturated rings. The third-order valence-corrected chi connectivity index (χ3v) is 3.23. The molecule has 0 amide bonds. The van der Waals surface area contributed by atoms with E-state index in [2.05, 4.69) is 22.9 Å². The van der Waals surface area contributed by atoms with Crippen molar-refractivity contribution in [3.8, 4) is 5.75 Å². The highest BCUT2D eigenvalue weighted by molar-refractivity contribution is 9.10. The van der Waals surface area contributed by atoms with E-state index in [1.165, 1.54) is 0 Å². The third kappa shape index (κ3) is 3.44. The summed E-state index contributed by atoms with van der Waals surface area (Å²) in [5.41, 5.74) is 1.03. The Bertz CT molecular complexity index is 362. The van der Waals surface area contributed by atoms with Crippen LogP contribution in [-0.2, 0) is 9.47 Å². The molecule has 1 heterocycles. The number of halogens is 1. The van der Waals surface area contributed by atoms with Gasteiger partial charge in [0.25, 0.3) is 0 Å². The molecule has 0 unspecified atom stereocenters. The molecule has 0 spiro atoms. The molecule has 94 valence electrons. The van der Waals surface area contributed by atoms with Crippen LogP contribution in [0.5, 0.6) is 5.75 Å². The molecule has 0 atom stereocenters. The Morgan fingerprint density at radius 3 is 2.76 bits per heavy atom. The average molecular weight is 301 g/mol. The van der Waals surface area contributed by atoms with Gasteiger partial charge in [-0.15, -0.1) is 0 Å². The van der Waals surface area contributed by atoms with Crippen LogP contribution in [0.3, 0.4) is 0 Å². The third-order valence-electron chi connectivity index (χ3n) is 2.61. The first kappa shape index (κ1) is 12.9. The van der Waals surface area contributed by atoms with Crippen molar-refractivity contribution in [1.82, 2.24) is 0 Å². The fourth-order valence-electron chi connectivity index (χ4n) is 1.66. The molecule has 0 saturated carbocycles. The van der Waals surface area contributed by atoms with Crippen molar-refractivity contribution in [2.75, 3.05) is 19.8 Å². The molecule has 0 bridgehead atoms. The maximum Gasteiger partial charge on any atom is 0.184 e. The van der Waals surface area contributed by atoms with Gasteiger partial charge in [0, 0.05) is 5.56 Å². The van der Waals surface area contributed by atoms with Gasteiger partial charge in [-0.25, -0.2) is 0 Å². The highest BCUT2D eigenvalue weighted by atomic mass is 79.9. The SMILES string of the molecule is CCCCOc1ccc(C2OCCO2)cc1Br. The Hall–Kier alpha value is -0.580. The molecule has 1 aliphatic heterocycles. The quantitative estimate of drug-likeness (QED) is 0.777. The van der Waals surface area contributed by atoms with Gasteiger partial charge in [0.05, 0.1) is 24.3 Å². The van der Waals surface area contributed by atoms with Crippen LogP contribution in [0.1, 0.15) is 31.6 Å². The van der Waals surface area contributed by atoms with E-state index in [9.17, 15) is 0 Å². The summed E-state index contributed by atoms with van der Waals surface area (Å²) in [6.07, 6.45) is 1.98. The van der Waals surface area contributed by atoms with E-state index in [1.807, 2.05) is 18.2 Å². The van der Waals surface area contributed by atoms with Crippen molar-refractivity contribution in [3.63, 3.8) is 0 Å². The Labute approximate surface area is 110 Å². The van der Waals surface area contributed by atoms with Gasteiger partial charge in [0.1, 0.15) is 5.75 Å². The van der Waals surface area contributed by atoms with E-state index in [0.717, 1.165) is 35.2 Å². The van der Waals surface area contributed by atoms with Crippen LogP contribution in [0.25, 0.3) is 0 Å². The molecule has 1 aromatic carbocycles. The van der Waals surface area contributed by atoms with Gasteiger partial charge in [-0.1, -0.05) is 19.4 Å². The number of hydrogen-bond acceptors (Lipinski definition) is 3. The summed E-state index contributed by atoms with van der Waals surface area (Å²) in [4.78, 5) is 0. The fraction of sp³-hybridized carbons (Fsp3) is 0.538. The summed E-state index contributed by atoms with van der Waals surface area (Å²) >= 11 is 3.51. The van der Waals surface area contributed by atoms with Crippen LogP contribution in [0.15, 0.2) is 22.7 Å². The second-order valence-corrected chi connectivity index (χ2v) is 4.82. The Morgan fingerprint density at radius 1 is 1.35 bits per heavy atom. The molecule has 3 nitrogen and oxygen atoms in total. The fourth-order valence-corrected chi connectivity index (χ4v) is 2.17. The maximum absolute atomic E-state index is 5.67. The van der Waals surface area contributed by atoms with Crippen LogP contribution in [0.4, 0.5) is 0 Å². The number of ether oxygens (including phenoxy) is 3. The molecule has 0 radical (unpaired) electrons. The summed E-state index contributed by atoms with van der Waals surface area (Å²) in [5, 5.41) is 0. The normalized spacial score (nSPS) is 16.4. The van der Waals surface area contributed by atoms with Crippen molar-refractivity contribution in [1.29, 1.82) is 0 Å². The molecule has 1 aliphatic rings. The number of unbranched alkanes of at least 4 members (excludes halogenated alkanes) is 1.